The minimum atomic E-state index is -0.829. The number of hydrogen-bond acceptors (Lipinski definition) is 6. The molecule has 35 heavy (non-hydrogen) atoms. The van der Waals surface area contributed by atoms with Crippen molar-refractivity contribution < 1.29 is 28.7 Å². The minimum Gasteiger partial charge on any atom is -0.446 e. The lowest BCUT2D eigenvalue weighted by atomic mass is 9.86. The molecule has 0 heterocycles. The van der Waals surface area contributed by atoms with Crippen molar-refractivity contribution in [3.8, 4) is 11.1 Å². The molecule has 8 nitrogen and oxygen atoms in total. The van der Waals surface area contributed by atoms with Gasteiger partial charge in [0.25, 0.3) is 0 Å². The van der Waals surface area contributed by atoms with Crippen molar-refractivity contribution in [2.45, 2.75) is 59.0 Å². The summed E-state index contributed by atoms with van der Waals surface area (Å²) in [4.78, 5) is 41.1. The Labute approximate surface area is 206 Å². The van der Waals surface area contributed by atoms with Crippen LogP contribution in [0.25, 0.3) is 11.1 Å². The first-order chi connectivity index (χ1) is 16.5. The topological polar surface area (TPSA) is 103 Å². The van der Waals surface area contributed by atoms with Crippen molar-refractivity contribution in [3.05, 3.63) is 59.7 Å². The number of nitrogens with one attached hydrogen (secondary N) is 2. The van der Waals surface area contributed by atoms with Crippen molar-refractivity contribution in [2.24, 2.45) is 5.41 Å². The van der Waals surface area contributed by atoms with Crippen LogP contribution in [0.4, 0.5) is 9.59 Å². The van der Waals surface area contributed by atoms with Gasteiger partial charge in [0.1, 0.15) is 12.2 Å². The molecule has 2 aromatic rings. The quantitative estimate of drug-likeness (QED) is 0.409. The summed E-state index contributed by atoms with van der Waals surface area (Å²) in [6, 6.07) is 16.1. The number of benzene rings is 2. The van der Waals surface area contributed by atoms with Crippen LogP contribution in [0.5, 0.6) is 0 Å². The molecule has 8 heteroatoms. The lowest BCUT2D eigenvalue weighted by Crippen LogP contribution is -2.35. The van der Waals surface area contributed by atoms with Crippen LogP contribution in [0.3, 0.4) is 0 Å². The molecule has 0 aliphatic heterocycles. The summed E-state index contributed by atoms with van der Waals surface area (Å²) in [5.74, 6) is -0.680. The van der Waals surface area contributed by atoms with Gasteiger partial charge >= 0.3 is 18.2 Å². The van der Waals surface area contributed by atoms with E-state index in [-0.39, 0.29) is 18.9 Å². The molecule has 0 aromatic heterocycles. The molecule has 0 spiro atoms. The Morgan fingerprint density at radius 2 is 1.43 bits per heavy atom. The highest BCUT2D eigenvalue weighted by Gasteiger charge is 2.29. The highest BCUT2D eigenvalue weighted by Crippen LogP contribution is 2.44. The van der Waals surface area contributed by atoms with Gasteiger partial charge in [0.05, 0.1) is 6.42 Å². The highest BCUT2D eigenvalue weighted by molar-refractivity contribution is 5.79. The predicted molar refractivity (Wildman–Crippen MR) is 132 cm³/mol. The third-order valence-corrected chi connectivity index (χ3v) is 5.68. The molecule has 2 N–H and O–H groups in total. The zero-order valence-corrected chi connectivity index (χ0v) is 21.0. The van der Waals surface area contributed by atoms with Gasteiger partial charge in [-0.05, 0) is 54.9 Å². The summed E-state index contributed by atoms with van der Waals surface area (Å²) in [5, 5.41) is 2.67. The Morgan fingerprint density at radius 3 is 2.00 bits per heavy atom. The first-order valence-corrected chi connectivity index (χ1v) is 11.7. The van der Waals surface area contributed by atoms with Gasteiger partial charge in [-0.15, -0.1) is 5.48 Å². The molecular weight excluding hydrogens is 448 g/mol. The number of ether oxygens (including phenoxy) is 2. The lowest BCUT2D eigenvalue weighted by molar-refractivity contribution is -0.152. The molecule has 0 saturated heterocycles. The maximum absolute atomic E-state index is 12.2. The zero-order chi connectivity index (χ0) is 25.6. The van der Waals surface area contributed by atoms with E-state index in [4.69, 9.17) is 14.3 Å². The van der Waals surface area contributed by atoms with Crippen molar-refractivity contribution >= 4 is 18.2 Å². The fourth-order valence-electron chi connectivity index (χ4n) is 4.06. The molecular formula is C27H34N2O6. The summed E-state index contributed by atoms with van der Waals surface area (Å²) >= 11 is 0. The zero-order valence-electron chi connectivity index (χ0n) is 21.0. The Hall–Kier alpha value is -3.55. The first-order valence-electron chi connectivity index (χ1n) is 11.7. The maximum Gasteiger partial charge on any atom is 0.440 e. The van der Waals surface area contributed by atoms with Crippen molar-refractivity contribution in [3.63, 3.8) is 0 Å². The molecule has 1 aliphatic rings. The normalized spacial score (nSPS) is 12.8. The third-order valence-electron chi connectivity index (χ3n) is 5.68. The number of hydrogen-bond donors (Lipinski definition) is 2. The van der Waals surface area contributed by atoms with Gasteiger partial charge in [0.2, 0.25) is 0 Å². The second-order valence-electron chi connectivity index (χ2n) is 10.4. The lowest BCUT2D eigenvalue weighted by Gasteiger charge is -2.24. The highest BCUT2D eigenvalue weighted by atomic mass is 16.7. The number of amides is 2. The van der Waals surface area contributed by atoms with Gasteiger partial charge in [0, 0.05) is 12.5 Å². The molecule has 188 valence electrons. The summed E-state index contributed by atoms with van der Waals surface area (Å²) < 4.78 is 10.6. The van der Waals surface area contributed by atoms with Crippen LogP contribution in [-0.2, 0) is 19.1 Å². The van der Waals surface area contributed by atoms with Gasteiger partial charge in [0.15, 0.2) is 0 Å². The summed E-state index contributed by atoms with van der Waals surface area (Å²) in [6.07, 6.45) is -0.767. The van der Waals surface area contributed by atoms with Crippen molar-refractivity contribution in [2.75, 3.05) is 13.2 Å². The van der Waals surface area contributed by atoms with E-state index in [0.717, 1.165) is 22.3 Å². The summed E-state index contributed by atoms with van der Waals surface area (Å²) in [6.45, 7) is 9.58. The fourth-order valence-corrected chi connectivity index (χ4v) is 4.06. The Balaban J connectivity index is 1.41. The number of rotatable bonds is 7. The third kappa shape index (κ3) is 7.47. The van der Waals surface area contributed by atoms with Gasteiger partial charge < -0.3 is 19.6 Å². The molecule has 0 radical (unpaired) electrons. The SMILES string of the molecule is CC(C)(CCNC(=O)OC(C)(C)C)CC(=O)ONC(=O)OCC1c2ccccc2-c2ccccc21. The Kier molecular flexibility index (Phi) is 8.04. The maximum atomic E-state index is 12.2. The number of alkyl carbamates (subject to hydrolysis) is 1. The number of hydroxylamine groups is 1. The smallest absolute Gasteiger partial charge is 0.440 e. The summed E-state index contributed by atoms with van der Waals surface area (Å²) in [5.41, 5.74) is 5.50. The monoisotopic (exact) mass is 482 g/mol. The minimum absolute atomic E-state index is 0.0483. The molecule has 0 unspecified atom stereocenters. The van der Waals surface area contributed by atoms with E-state index in [1.807, 2.05) is 50.2 Å². The molecule has 0 saturated carbocycles. The second kappa shape index (κ2) is 10.8. The van der Waals surface area contributed by atoms with E-state index in [0.29, 0.717) is 13.0 Å². The van der Waals surface area contributed by atoms with Crippen LogP contribution >= 0.6 is 0 Å². The van der Waals surface area contributed by atoms with Crippen LogP contribution in [0.1, 0.15) is 64.5 Å². The molecule has 0 atom stereocenters. The first kappa shape index (κ1) is 26.1. The largest absolute Gasteiger partial charge is 0.446 e. The predicted octanol–water partition coefficient (Wildman–Crippen LogP) is 5.31. The Morgan fingerprint density at radius 1 is 0.857 bits per heavy atom. The van der Waals surface area contributed by atoms with E-state index in [1.165, 1.54) is 0 Å². The van der Waals surface area contributed by atoms with Gasteiger partial charge in [-0.1, -0.05) is 62.4 Å². The van der Waals surface area contributed by atoms with Gasteiger partial charge in [-0.2, -0.15) is 0 Å². The standard InChI is InChI=1S/C27H34N2O6/c1-26(2,3)34-24(31)28-15-14-27(4,5)16-23(30)35-29-25(32)33-17-22-20-12-8-6-10-18(20)19-11-7-9-13-21(19)22/h6-13,22H,14-17H2,1-5H3,(H,28,31)(H,29,32). The fraction of sp³-hybridized carbons (Fsp3) is 0.444. The second-order valence-corrected chi connectivity index (χ2v) is 10.4. The Bertz CT molecular complexity index is 1030. The van der Waals surface area contributed by atoms with Crippen molar-refractivity contribution in [1.82, 2.24) is 10.8 Å². The van der Waals surface area contributed by atoms with E-state index in [9.17, 15) is 14.4 Å². The van der Waals surface area contributed by atoms with E-state index in [2.05, 4.69) is 22.9 Å². The molecule has 3 rings (SSSR count). The van der Waals surface area contributed by atoms with E-state index in [1.54, 1.807) is 20.8 Å². The summed E-state index contributed by atoms with van der Waals surface area (Å²) in [7, 11) is 0. The van der Waals surface area contributed by atoms with Crippen LogP contribution in [0.2, 0.25) is 0 Å². The number of carbonyl (C=O) groups excluding carboxylic acids is 3. The van der Waals surface area contributed by atoms with Gasteiger partial charge in [-0.3, -0.25) is 0 Å². The van der Waals surface area contributed by atoms with E-state index >= 15 is 0 Å². The average Bonchev–Trinajstić information content (AvgIpc) is 3.08. The van der Waals surface area contributed by atoms with Gasteiger partial charge in [-0.25, -0.2) is 14.4 Å². The number of carbonyl (C=O) groups is 3. The molecule has 0 fully saturated rings. The van der Waals surface area contributed by atoms with Crippen LogP contribution in [0.15, 0.2) is 48.5 Å². The van der Waals surface area contributed by atoms with Crippen LogP contribution < -0.4 is 10.8 Å². The molecule has 2 amide bonds. The van der Waals surface area contributed by atoms with Crippen molar-refractivity contribution in [1.29, 1.82) is 0 Å². The molecule has 2 aromatic carbocycles. The number of fused-ring (bicyclic) bond motifs is 3. The van der Waals surface area contributed by atoms with Crippen LogP contribution in [-0.4, -0.2) is 36.9 Å². The average molecular weight is 483 g/mol. The molecule has 1 aliphatic carbocycles. The molecule has 0 bridgehead atoms. The van der Waals surface area contributed by atoms with Crippen LogP contribution in [0, 0.1) is 5.41 Å². The van der Waals surface area contributed by atoms with E-state index < -0.39 is 29.2 Å².